The van der Waals surface area contributed by atoms with Gasteiger partial charge in [-0.25, -0.2) is 0 Å². The first-order valence-corrected chi connectivity index (χ1v) is 5.60. The third-order valence-corrected chi connectivity index (χ3v) is 2.99. The summed E-state index contributed by atoms with van der Waals surface area (Å²) in [4.78, 5) is 12.4. The third kappa shape index (κ3) is 3.35. The Balaban J connectivity index is 2.71. The van der Waals surface area contributed by atoms with Crippen molar-refractivity contribution in [3.8, 4) is 0 Å². The van der Waals surface area contributed by atoms with Crippen molar-refractivity contribution in [3.05, 3.63) is 0 Å². The van der Waals surface area contributed by atoms with Crippen LogP contribution in [-0.2, 0) is 4.74 Å². The van der Waals surface area contributed by atoms with Crippen LogP contribution in [0.5, 0.6) is 0 Å². The molecule has 0 saturated carbocycles. The predicted molar refractivity (Wildman–Crippen MR) is 58.8 cm³/mol. The Hall–Kier alpha value is -0.810. The number of hydrogen-bond acceptors (Lipinski definition) is 4. The standard InChI is InChI=1S/C11H22N2O3/c1-10(2,3)13(9(14)15)8-11(12)4-6-16-7-5-11/h4-8,12H2,1-3H3,(H,14,15)/p-1. The topological polar surface area (TPSA) is 78.6 Å². The maximum absolute atomic E-state index is 11.1. The number of carboxylic acid groups (broad SMARTS) is 1. The SMILES string of the molecule is CC(C)(C)N(CC1(N)CCOCC1)C(=O)[O-]. The van der Waals surface area contributed by atoms with Crippen LogP contribution in [0, 0.1) is 0 Å². The summed E-state index contributed by atoms with van der Waals surface area (Å²) in [5.41, 5.74) is 5.22. The van der Waals surface area contributed by atoms with Crippen molar-refractivity contribution in [2.45, 2.75) is 44.7 Å². The van der Waals surface area contributed by atoms with Gasteiger partial charge >= 0.3 is 0 Å². The van der Waals surface area contributed by atoms with Gasteiger partial charge in [-0.3, -0.25) is 0 Å². The van der Waals surface area contributed by atoms with Crippen molar-refractivity contribution in [1.82, 2.24) is 4.90 Å². The lowest BCUT2D eigenvalue weighted by atomic mass is 9.89. The Morgan fingerprint density at radius 3 is 2.31 bits per heavy atom. The minimum Gasteiger partial charge on any atom is -0.530 e. The molecule has 0 spiro atoms. The van der Waals surface area contributed by atoms with Gasteiger partial charge in [-0.1, -0.05) is 0 Å². The molecular formula is C11H21N2O3-. The van der Waals surface area contributed by atoms with E-state index in [1.165, 1.54) is 4.90 Å². The Labute approximate surface area is 96.6 Å². The van der Waals surface area contributed by atoms with Gasteiger partial charge in [0.1, 0.15) is 6.09 Å². The first-order valence-electron chi connectivity index (χ1n) is 5.60. The molecule has 0 aromatic heterocycles. The highest BCUT2D eigenvalue weighted by atomic mass is 16.5. The fraction of sp³-hybridized carbons (Fsp3) is 0.909. The van der Waals surface area contributed by atoms with Crippen molar-refractivity contribution in [2.75, 3.05) is 19.8 Å². The Morgan fingerprint density at radius 1 is 1.44 bits per heavy atom. The van der Waals surface area contributed by atoms with Gasteiger partial charge in [0.25, 0.3) is 0 Å². The molecule has 1 aliphatic rings. The minimum atomic E-state index is -1.16. The first-order chi connectivity index (χ1) is 7.25. The van der Waals surface area contributed by atoms with Crippen LogP contribution in [-0.4, -0.2) is 41.8 Å². The fourth-order valence-corrected chi connectivity index (χ4v) is 1.83. The molecule has 5 nitrogen and oxygen atoms in total. The van der Waals surface area contributed by atoms with Gasteiger partial charge in [0.2, 0.25) is 0 Å². The second-order valence-electron chi connectivity index (χ2n) is 5.50. The number of carbonyl (C=O) groups excluding carboxylic acids is 1. The summed E-state index contributed by atoms with van der Waals surface area (Å²) >= 11 is 0. The lowest BCUT2D eigenvalue weighted by molar-refractivity contribution is -0.271. The van der Waals surface area contributed by atoms with Crippen molar-refractivity contribution >= 4 is 6.09 Å². The summed E-state index contributed by atoms with van der Waals surface area (Å²) < 4.78 is 5.23. The third-order valence-electron chi connectivity index (χ3n) is 2.99. The molecule has 1 heterocycles. The fourth-order valence-electron chi connectivity index (χ4n) is 1.83. The molecule has 0 bridgehead atoms. The molecule has 94 valence electrons. The normalized spacial score (nSPS) is 20.5. The van der Waals surface area contributed by atoms with Gasteiger partial charge in [-0.15, -0.1) is 0 Å². The van der Waals surface area contributed by atoms with Crippen LogP contribution in [0.4, 0.5) is 4.79 Å². The zero-order chi connectivity index (χ0) is 12.4. The van der Waals surface area contributed by atoms with E-state index in [-0.39, 0.29) is 0 Å². The molecular weight excluding hydrogens is 208 g/mol. The second kappa shape index (κ2) is 4.59. The van der Waals surface area contributed by atoms with E-state index in [0.29, 0.717) is 32.6 Å². The smallest absolute Gasteiger partial charge is 0.137 e. The lowest BCUT2D eigenvalue weighted by Gasteiger charge is -2.45. The summed E-state index contributed by atoms with van der Waals surface area (Å²) in [5, 5.41) is 11.1. The van der Waals surface area contributed by atoms with Gasteiger partial charge in [0, 0.05) is 30.8 Å². The van der Waals surface area contributed by atoms with E-state index in [2.05, 4.69) is 0 Å². The zero-order valence-corrected chi connectivity index (χ0v) is 10.3. The Kier molecular flexibility index (Phi) is 3.80. The molecule has 0 aromatic rings. The summed E-state index contributed by atoms with van der Waals surface area (Å²) in [7, 11) is 0. The number of nitrogens with two attached hydrogens (primary N) is 1. The number of nitrogens with zero attached hydrogens (tertiary/aromatic N) is 1. The van der Waals surface area contributed by atoms with Crippen molar-refractivity contribution < 1.29 is 14.6 Å². The average Bonchev–Trinajstić information content (AvgIpc) is 2.13. The monoisotopic (exact) mass is 229 g/mol. The average molecular weight is 229 g/mol. The molecule has 16 heavy (non-hydrogen) atoms. The predicted octanol–water partition coefficient (Wildman–Crippen LogP) is -0.0619. The molecule has 5 heteroatoms. The van der Waals surface area contributed by atoms with Crippen LogP contribution in [0.2, 0.25) is 0 Å². The van der Waals surface area contributed by atoms with E-state index >= 15 is 0 Å². The highest BCUT2D eigenvalue weighted by Gasteiger charge is 2.34. The largest absolute Gasteiger partial charge is 0.530 e. The lowest BCUT2D eigenvalue weighted by Crippen LogP contribution is -2.61. The zero-order valence-electron chi connectivity index (χ0n) is 10.3. The van der Waals surface area contributed by atoms with Crippen LogP contribution >= 0.6 is 0 Å². The maximum Gasteiger partial charge on any atom is 0.137 e. The quantitative estimate of drug-likeness (QED) is 0.719. The van der Waals surface area contributed by atoms with E-state index in [1.807, 2.05) is 20.8 Å². The number of rotatable bonds is 2. The molecule has 0 unspecified atom stereocenters. The summed E-state index contributed by atoms with van der Waals surface area (Å²) in [6.07, 6.45) is 0.212. The van der Waals surface area contributed by atoms with Crippen LogP contribution < -0.4 is 10.8 Å². The van der Waals surface area contributed by atoms with Crippen LogP contribution in [0.1, 0.15) is 33.6 Å². The minimum absolute atomic E-state index is 0.308. The molecule has 1 amide bonds. The Morgan fingerprint density at radius 2 is 1.94 bits per heavy atom. The number of hydrogen-bond donors (Lipinski definition) is 1. The molecule has 2 N–H and O–H groups in total. The summed E-state index contributed by atoms with van der Waals surface area (Å²) in [6, 6.07) is 0. The van der Waals surface area contributed by atoms with Crippen LogP contribution in [0.15, 0.2) is 0 Å². The van der Waals surface area contributed by atoms with Gasteiger partial charge in [-0.05, 0) is 33.6 Å². The molecule has 0 aliphatic carbocycles. The maximum atomic E-state index is 11.1. The summed E-state index contributed by atoms with van der Waals surface area (Å²) in [6.45, 7) is 7.02. The molecule has 0 aromatic carbocycles. The van der Waals surface area contributed by atoms with Gasteiger partial charge in [0.15, 0.2) is 0 Å². The molecule has 0 atom stereocenters. The number of ether oxygens (including phenoxy) is 1. The highest BCUT2D eigenvalue weighted by Crippen LogP contribution is 2.23. The van der Waals surface area contributed by atoms with E-state index < -0.39 is 17.2 Å². The number of amides is 1. The molecule has 1 rings (SSSR count). The Bertz CT molecular complexity index is 254. The van der Waals surface area contributed by atoms with Crippen molar-refractivity contribution in [1.29, 1.82) is 0 Å². The van der Waals surface area contributed by atoms with E-state index in [9.17, 15) is 9.90 Å². The van der Waals surface area contributed by atoms with Crippen LogP contribution in [0.25, 0.3) is 0 Å². The highest BCUT2D eigenvalue weighted by molar-refractivity contribution is 5.63. The van der Waals surface area contributed by atoms with Crippen LogP contribution in [0.3, 0.4) is 0 Å². The number of carbonyl (C=O) groups is 1. The molecule has 1 aliphatic heterocycles. The van der Waals surface area contributed by atoms with Crippen molar-refractivity contribution in [3.63, 3.8) is 0 Å². The first kappa shape index (κ1) is 13.3. The molecule has 0 radical (unpaired) electrons. The van der Waals surface area contributed by atoms with E-state index in [4.69, 9.17) is 10.5 Å². The second-order valence-corrected chi connectivity index (χ2v) is 5.50. The van der Waals surface area contributed by atoms with E-state index in [0.717, 1.165) is 0 Å². The summed E-state index contributed by atoms with van der Waals surface area (Å²) in [5.74, 6) is 0. The van der Waals surface area contributed by atoms with Crippen molar-refractivity contribution in [2.24, 2.45) is 5.73 Å². The van der Waals surface area contributed by atoms with Gasteiger partial charge in [-0.2, -0.15) is 0 Å². The van der Waals surface area contributed by atoms with Gasteiger partial charge in [0.05, 0.1) is 0 Å². The molecule has 1 saturated heterocycles. The van der Waals surface area contributed by atoms with E-state index in [1.54, 1.807) is 0 Å². The molecule has 1 fully saturated rings. The van der Waals surface area contributed by atoms with Gasteiger partial charge < -0.3 is 25.3 Å².